The van der Waals surface area contributed by atoms with E-state index in [1.54, 1.807) is 23.1 Å². The Morgan fingerprint density at radius 2 is 1.68 bits per heavy atom. The van der Waals surface area contributed by atoms with Gasteiger partial charge in [-0.3, -0.25) is 9.59 Å². The largest absolute Gasteiger partial charge is 0.507 e. The predicted molar refractivity (Wildman–Crippen MR) is 132 cm³/mol. The number of aliphatic hydroxyl groups excluding tert-OH is 1. The molecule has 1 fully saturated rings. The van der Waals surface area contributed by atoms with Crippen molar-refractivity contribution in [2.75, 3.05) is 41.4 Å². The summed E-state index contributed by atoms with van der Waals surface area (Å²) < 4.78 is 10.6. The molecule has 0 aromatic heterocycles. The molecule has 1 amide bonds. The highest BCUT2D eigenvalue weighted by Gasteiger charge is 2.45. The molecule has 0 aliphatic carbocycles. The van der Waals surface area contributed by atoms with Gasteiger partial charge in [0.2, 0.25) is 0 Å². The number of carbonyl (C=O) groups is 2. The number of ether oxygens (including phenoxy) is 2. The highest BCUT2D eigenvalue weighted by Crippen LogP contribution is 2.41. The maximum atomic E-state index is 13.2. The van der Waals surface area contributed by atoms with Crippen molar-refractivity contribution in [1.29, 1.82) is 0 Å². The third kappa shape index (κ3) is 5.09. The second kappa shape index (κ2) is 10.7. The van der Waals surface area contributed by atoms with Crippen molar-refractivity contribution in [2.45, 2.75) is 32.2 Å². The molecule has 7 heteroatoms. The van der Waals surface area contributed by atoms with E-state index in [1.807, 2.05) is 43.3 Å². The molecule has 1 atom stereocenters. The number of hydrogen-bond donors (Lipinski definition) is 1. The van der Waals surface area contributed by atoms with Crippen molar-refractivity contribution in [2.24, 2.45) is 0 Å². The van der Waals surface area contributed by atoms with Gasteiger partial charge in [-0.05, 0) is 62.3 Å². The molecule has 0 saturated carbocycles. The summed E-state index contributed by atoms with van der Waals surface area (Å²) in [5.74, 6) is -0.234. The fourth-order valence-corrected chi connectivity index (χ4v) is 4.22. The summed E-state index contributed by atoms with van der Waals surface area (Å²) in [6.07, 6.45) is 0.705. The number of amides is 1. The molecule has 2 aromatic rings. The van der Waals surface area contributed by atoms with Crippen molar-refractivity contribution in [1.82, 2.24) is 9.80 Å². The highest BCUT2D eigenvalue weighted by atomic mass is 16.5. The molecule has 3 rings (SSSR count). The summed E-state index contributed by atoms with van der Waals surface area (Å²) in [7, 11) is 6.96. The molecule has 1 N–H and O–H groups in total. The van der Waals surface area contributed by atoms with E-state index in [9.17, 15) is 14.7 Å². The number of rotatable bonds is 9. The Hall–Kier alpha value is -3.32. The topological polar surface area (TPSA) is 79.3 Å². The van der Waals surface area contributed by atoms with E-state index < -0.39 is 17.7 Å². The maximum Gasteiger partial charge on any atom is 0.295 e. The average Bonchev–Trinajstić information content (AvgIpc) is 3.07. The first kappa shape index (κ1) is 25.3. The molecular formula is C27H34N2O5. The fourth-order valence-electron chi connectivity index (χ4n) is 4.22. The van der Waals surface area contributed by atoms with Crippen LogP contribution in [-0.2, 0) is 9.59 Å². The summed E-state index contributed by atoms with van der Waals surface area (Å²) in [5.41, 5.74) is 2.41. The van der Waals surface area contributed by atoms with Gasteiger partial charge in [0.05, 0.1) is 25.8 Å². The first-order valence-corrected chi connectivity index (χ1v) is 11.4. The maximum absolute atomic E-state index is 13.2. The molecule has 34 heavy (non-hydrogen) atoms. The van der Waals surface area contributed by atoms with Crippen LogP contribution in [-0.4, -0.2) is 68.0 Å². The van der Waals surface area contributed by atoms with Crippen LogP contribution in [0.15, 0.2) is 48.0 Å². The van der Waals surface area contributed by atoms with Crippen LogP contribution >= 0.6 is 0 Å². The number of benzene rings is 2. The Bertz CT molecular complexity index is 1070. The van der Waals surface area contributed by atoms with Gasteiger partial charge in [-0.15, -0.1) is 0 Å². The van der Waals surface area contributed by atoms with E-state index in [0.717, 1.165) is 17.7 Å². The van der Waals surface area contributed by atoms with Gasteiger partial charge in [0, 0.05) is 12.1 Å². The van der Waals surface area contributed by atoms with Crippen LogP contribution in [0.25, 0.3) is 5.76 Å². The minimum Gasteiger partial charge on any atom is -0.507 e. The monoisotopic (exact) mass is 466 g/mol. The number of hydrogen-bond acceptors (Lipinski definition) is 6. The zero-order valence-corrected chi connectivity index (χ0v) is 20.8. The molecule has 0 radical (unpaired) electrons. The van der Waals surface area contributed by atoms with Crippen LogP contribution in [0.5, 0.6) is 11.5 Å². The van der Waals surface area contributed by atoms with Gasteiger partial charge in [0.1, 0.15) is 5.76 Å². The normalized spacial score (nSPS) is 17.6. The second-order valence-electron chi connectivity index (χ2n) is 9.04. The number of carbonyl (C=O) groups excluding carboxylic acids is 2. The van der Waals surface area contributed by atoms with E-state index in [2.05, 4.69) is 13.8 Å². The van der Waals surface area contributed by atoms with Gasteiger partial charge >= 0.3 is 0 Å². The summed E-state index contributed by atoms with van der Waals surface area (Å²) in [6.45, 7) is 5.40. The zero-order valence-electron chi connectivity index (χ0n) is 20.8. The smallest absolute Gasteiger partial charge is 0.295 e. The molecule has 1 aliphatic rings. The SMILES string of the molecule is COc1ccc(/C(O)=C2/C(=O)C(=O)N(CCCN(C)C)C2c2ccc(C(C)C)cc2)cc1OC. The lowest BCUT2D eigenvalue weighted by molar-refractivity contribution is -0.139. The second-order valence-corrected chi connectivity index (χ2v) is 9.04. The Labute approximate surface area is 201 Å². The van der Waals surface area contributed by atoms with E-state index in [0.29, 0.717) is 35.9 Å². The van der Waals surface area contributed by atoms with Gasteiger partial charge in [-0.25, -0.2) is 0 Å². The number of ketones is 1. The molecule has 0 spiro atoms. The lowest BCUT2D eigenvalue weighted by Crippen LogP contribution is -2.32. The van der Waals surface area contributed by atoms with Crippen LogP contribution in [0.2, 0.25) is 0 Å². The van der Waals surface area contributed by atoms with Gasteiger partial charge in [-0.1, -0.05) is 38.1 Å². The van der Waals surface area contributed by atoms with E-state index >= 15 is 0 Å². The molecule has 0 bridgehead atoms. The quantitative estimate of drug-likeness (QED) is 0.339. The zero-order chi connectivity index (χ0) is 25.0. The summed E-state index contributed by atoms with van der Waals surface area (Å²) in [4.78, 5) is 29.9. The molecule has 1 heterocycles. The first-order valence-electron chi connectivity index (χ1n) is 11.4. The van der Waals surface area contributed by atoms with Crippen molar-refractivity contribution in [3.63, 3.8) is 0 Å². The highest BCUT2D eigenvalue weighted by molar-refractivity contribution is 6.46. The van der Waals surface area contributed by atoms with Crippen molar-refractivity contribution < 1.29 is 24.2 Å². The van der Waals surface area contributed by atoms with Crippen LogP contribution in [0.1, 0.15) is 48.9 Å². The Balaban J connectivity index is 2.12. The average molecular weight is 467 g/mol. The van der Waals surface area contributed by atoms with Crippen LogP contribution in [0, 0.1) is 0 Å². The van der Waals surface area contributed by atoms with Gasteiger partial charge < -0.3 is 24.4 Å². The third-order valence-corrected chi connectivity index (χ3v) is 6.12. The molecule has 2 aromatic carbocycles. The fraction of sp³-hybridized carbons (Fsp3) is 0.407. The molecule has 7 nitrogen and oxygen atoms in total. The lowest BCUT2D eigenvalue weighted by atomic mass is 9.93. The van der Waals surface area contributed by atoms with Crippen LogP contribution < -0.4 is 9.47 Å². The number of Topliss-reactive ketones (excluding diaryl/α,β-unsaturated/α-hetero) is 1. The summed E-state index contributed by atoms with van der Waals surface area (Å²) in [6, 6.07) is 12.1. The molecular weight excluding hydrogens is 432 g/mol. The molecule has 1 saturated heterocycles. The Kier molecular flexibility index (Phi) is 7.99. The van der Waals surface area contributed by atoms with Gasteiger partial charge in [0.25, 0.3) is 11.7 Å². The minimum atomic E-state index is -0.685. The standard InChI is InChI=1S/C27H34N2O5/c1-17(2)18-8-10-19(11-9-18)24-23(26(31)27(32)29(24)15-7-14-28(3)4)25(30)20-12-13-21(33-5)22(16-20)34-6/h8-13,16-17,24,30H,7,14-15H2,1-6H3/b25-23-. The predicted octanol–water partition coefficient (Wildman–Crippen LogP) is 4.20. The number of likely N-dealkylation sites (tertiary alicyclic amines) is 1. The summed E-state index contributed by atoms with van der Waals surface area (Å²) in [5, 5.41) is 11.3. The van der Waals surface area contributed by atoms with Crippen molar-refractivity contribution >= 4 is 17.4 Å². The summed E-state index contributed by atoms with van der Waals surface area (Å²) >= 11 is 0. The molecule has 1 aliphatic heterocycles. The lowest BCUT2D eigenvalue weighted by Gasteiger charge is -2.26. The Morgan fingerprint density at radius 3 is 2.24 bits per heavy atom. The first-order chi connectivity index (χ1) is 16.2. The minimum absolute atomic E-state index is 0.0827. The van der Waals surface area contributed by atoms with Crippen molar-refractivity contribution in [3.8, 4) is 11.5 Å². The van der Waals surface area contributed by atoms with E-state index in [1.165, 1.54) is 14.2 Å². The third-order valence-electron chi connectivity index (χ3n) is 6.12. The number of methoxy groups -OCH3 is 2. The molecule has 182 valence electrons. The van der Waals surface area contributed by atoms with Crippen molar-refractivity contribution in [3.05, 3.63) is 64.7 Å². The van der Waals surface area contributed by atoms with Crippen LogP contribution in [0.3, 0.4) is 0 Å². The van der Waals surface area contributed by atoms with Gasteiger partial charge in [-0.2, -0.15) is 0 Å². The number of aliphatic hydroxyl groups is 1. The van der Waals surface area contributed by atoms with E-state index in [-0.39, 0.29) is 11.3 Å². The molecule has 1 unspecified atom stereocenters. The number of nitrogens with zero attached hydrogens (tertiary/aromatic N) is 2. The Morgan fingerprint density at radius 1 is 1.03 bits per heavy atom. The van der Waals surface area contributed by atoms with Crippen LogP contribution in [0.4, 0.5) is 0 Å². The van der Waals surface area contributed by atoms with E-state index in [4.69, 9.17) is 9.47 Å². The van der Waals surface area contributed by atoms with Gasteiger partial charge in [0.15, 0.2) is 11.5 Å².